The molecule has 9 heteroatoms. The quantitative estimate of drug-likeness (QED) is 0.0696. The van der Waals surface area contributed by atoms with Crippen LogP contribution in [0, 0.1) is 0 Å². The Balaban J connectivity index is 1.80. The third-order valence-corrected chi connectivity index (χ3v) is 5.98. The van der Waals surface area contributed by atoms with Crippen LogP contribution in [0.5, 0.6) is 11.5 Å². The van der Waals surface area contributed by atoms with Crippen LogP contribution in [0.25, 0.3) is 22.3 Å². The van der Waals surface area contributed by atoms with E-state index in [4.69, 9.17) is 23.7 Å². The van der Waals surface area contributed by atoms with Crippen molar-refractivity contribution < 1.29 is 42.9 Å². The second-order valence-corrected chi connectivity index (χ2v) is 9.80. The Labute approximate surface area is 256 Å². The number of carbonyl (C=O) groups excluding carboxylic acids is 4. The molecule has 0 atom stereocenters. The average molecular weight is 599 g/mol. The van der Waals surface area contributed by atoms with Crippen LogP contribution >= 0.6 is 0 Å². The van der Waals surface area contributed by atoms with E-state index < -0.39 is 23.9 Å². The highest BCUT2D eigenvalue weighted by Crippen LogP contribution is 2.35. The maximum Gasteiger partial charge on any atom is 0.338 e. The first-order chi connectivity index (χ1) is 21.0. The molecule has 0 saturated carbocycles. The molecule has 9 nitrogen and oxygen atoms in total. The Morgan fingerprint density at radius 2 is 1.07 bits per heavy atom. The van der Waals surface area contributed by atoms with Crippen LogP contribution in [-0.4, -0.2) is 50.3 Å². The fraction of sp³-hybridized carbons (Fsp3) is 0.200. The number of carbonyl (C=O) groups is 4. The van der Waals surface area contributed by atoms with Crippen molar-refractivity contribution in [3.05, 3.63) is 109 Å². The summed E-state index contributed by atoms with van der Waals surface area (Å²) < 4.78 is 26.5. The Bertz CT molecular complexity index is 1560. The van der Waals surface area contributed by atoms with Gasteiger partial charge in [0.15, 0.2) is 0 Å². The minimum Gasteiger partial charge on any atom is -0.489 e. The molecule has 0 aliphatic rings. The van der Waals surface area contributed by atoms with Crippen molar-refractivity contribution in [2.75, 3.05) is 26.4 Å². The van der Waals surface area contributed by atoms with Crippen molar-refractivity contribution >= 4 is 23.9 Å². The Morgan fingerprint density at radius 1 is 0.568 bits per heavy atom. The molecule has 0 aromatic heterocycles. The average Bonchev–Trinajstić information content (AvgIpc) is 3.01. The topological polar surface area (TPSA) is 114 Å². The summed E-state index contributed by atoms with van der Waals surface area (Å²) in [6.07, 6.45) is 0. The van der Waals surface area contributed by atoms with Gasteiger partial charge in [0.25, 0.3) is 0 Å². The van der Waals surface area contributed by atoms with Gasteiger partial charge in [-0.3, -0.25) is 0 Å². The summed E-state index contributed by atoms with van der Waals surface area (Å²) in [4.78, 5) is 47.5. The summed E-state index contributed by atoms with van der Waals surface area (Å²) >= 11 is 0. The summed E-state index contributed by atoms with van der Waals surface area (Å²) in [6, 6.07) is 19.4. The summed E-state index contributed by atoms with van der Waals surface area (Å²) in [5, 5.41) is 0. The van der Waals surface area contributed by atoms with Crippen LogP contribution in [0.1, 0.15) is 31.1 Å². The van der Waals surface area contributed by atoms with Crippen molar-refractivity contribution in [3.63, 3.8) is 0 Å². The summed E-state index contributed by atoms with van der Waals surface area (Å²) in [6.45, 7) is 15.3. The number of hydrogen-bond acceptors (Lipinski definition) is 9. The van der Waals surface area contributed by atoms with Gasteiger partial charge in [0.2, 0.25) is 0 Å². The lowest BCUT2D eigenvalue weighted by Crippen LogP contribution is -2.14. The van der Waals surface area contributed by atoms with Gasteiger partial charge in [0.1, 0.15) is 37.9 Å². The van der Waals surface area contributed by atoms with E-state index in [0.29, 0.717) is 28.2 Å². The van der Waals surface area contributed by atoms with Gasteiger partial charge >= 0.3 is 23.9 Å². The number of benzene rings is 3. The van der Waals surface area contributed by atoms with Crippen molar-refractivity contribution in [1.82, 2.24) is 0 Å². The predicted octanol–water partition coefficient (Wildman–Crippen LogP) is 6.28. The van der Waals surface area contributed by atoms with Gasteiger partial charge in [-0.05, 0) is 73.9 Å². The van der Waals surface area contributed by atoms with Crippen LogP contribution in [0.3, 0.4) is 0 Å². The highest BCUT2D eigenvalue weighted by molar-refractivity contribution is 5.91. The van der Waals surface area contributed by atoms with Gasteiger partial charge in [-0.1, -0.05) is 50.1 Å². The lowest BCUT2D eigenvalue weighted by Gasteiger charge is -2.15. The number of ether oxygens (including phenoxy) is 5. The largest absolute Gasteiger partial charge is 0.489 e. The molecule has 0 spiro atoms. The van der Waals surface area contributed by atoms with Crippen molar-refractivity contribution in [2.24, 2.45) is 0 Å². The van der Waals surface area contributed by atoms with Crippen LogP contribution in [0.4, 0.5) is 0 Å². The second-order valence-electron chi connectivity index (χ2n) is 9.80. The fourth-order valence-corrected chi connectivity index (χ4v) is 3.64. The Kier molecular flexibility index (Phi) is 11.8. The zero-order valence-electron chi connectivity index (χ0n) is 25.0. The smallest absolute Gasteiger partial charge is 0.338 e. The molecule has 3 rings (SSSR count). The van der Waals surface area contributed by atoms with E-state index in [1.807, 2.05) is 24.3 Å². The van der Waals surface area contributed by atoms with E-state index in [0.717, 1.165) is 22.3 Å². The minimum atomic E-state index is -0.570. The van der Waals surface area contributed by atoms with Gasteiger partial charge in [0.05, 0.1) is 5.56 Å². The van der Waals surface area contributed by atoms with Gasteiger partial charge < -0.3 is 23.7 Å². The highest BCUT2D eigenvalue weighted by atomic mass is 16.6. The van der Waals surface area contributed by atoms with Crippen LogP contribution in [0.2, 0.25) is 0 Å². The molecule has 44 heavy (non-hydrogen) atoms. The molecule has 0 heterocycles. The maximum atomic E-state index is 12.5. The predicted molar refractivity (Wildman–Crippen MR) is 165 cm³/mol. The van der Waals surface area contributed by atoms with Gasteiger partial charge in [0, 0.05) is 22.3 Å². The van der Waals surface area contributed by atoms with Crippen LogP contribution in [0.15, 0.2) is 103 Å². The zero-order chi connectivity index (χ0) is 32.2. The molecule has 0 unspecified atom stereocenters. The zero-order valence-corrected chi connectivity index (χ0v) is 25.0. The van der Waals surface area contributed by atoms with Crippen molar-refractivity contribution in [3.8, 4) is 33.8 Å². The van der Waals surface area contributed by atoms with E-state index >= 15 is 0 Å². The molecule has 0 N–H and O–H groups in total. The SMILES string of the molecule is C=C(C)C(=O)OCCOC(=O)c1ccc(-c2cc(-c3ccc(OC(=O)C(=C)C)cc3)ccc2OCCOC(=O)C(=C)C)cc1. The molecule has 228 valence electrons. The lowest BCUT2D eigenvalue weighted by molar-refractivity contribution is -0.140. The molecule has 0 bridgehead atoms. The second kappa shape index (κ2) is 15.7. The molecule has 0 aliphatic heterocycles. The molecule has 0 aliphatic carbocycles. The normalized spacial score (nSPS) is 10.2. The van der Waals surface area contributed by atoms with Crippen LogP contribution < -0.4 is 9.47 Å². The minimum absolute atomic E-state index is 0.0315. The Morgan fingerprint density at radius 3 is 1.64 bits per heavy atom. The van der Waals surface area contributed by atoms with E-state index in [2.05, 4.69) is 19.7 Å². The van der Waals surface area contributed by atoms with Crippen molar-refractivity contribution in [1.29, 1.82) is 0 Å². The molecule has 3 aromatic carbocycles. The number of rotatable bonds is 14. The first-order valence-corrected chi connectivity index (χ1v) is 13.6. The molecule has 3 aromatic rings. The third kappa shape index (κ3) is 9.55. The van der Waals surface area contributed by atoms with E-state index in [1.165, 1.54) is 6.92 Å². The molecule has 0 fully saturated rings. The number of hydrogen-bond donors (Lipinski definition) is 0. The van der Waals surface area contributed by atoms with Gasteiger partial charge in [-0.2, -0.15) is 0 Å². The van der Waals surface area contributed by atoms with Gasteiger partial charge in [-0.15, -0.1) is 0 Å². The monoisotopic (exact) mass is 598 g/mol. The molecular weight excluding hydrogens is 564 g/mol. The van der Waals surface area contributed by atoms with E-state index in [-0.39, 0.29) is 32.0 Å². The fourth-order valence-electron chi connectivity index (χ4n) is 3.64. The summed E-state index contributed by atoms with van der Waals surface area (Å²) in [5.74, 6) is -1.21. The van der Waals surface area contributed by atoms with Crippen molar-refractivity contribution in [2.45, 2.75) is 20.8 Å². The van der Waals surface area contributed by atoms with Crippen LogP contribution in [-0.2, 0) is 28.6 Å². The summed E-state index contributed by atoms with van der Waals surface area (Å²) in [5.41, 5.74) is 4.34. The third-order valence-electron chi connectivity index (χ3n) is 5.98. The highest BCUT2D eigenvalue weighted by Gasteiger charge is 2.14. The van der Waals surface area contributed by atoms with E-state index in [1.54, 1.807) is 56.3 Å². The summed E-state index contributed by atoms with van der Waals surface area (Å²) in [7, 11) is 0. The van der Waals surface area contributed by atoms with E-state index in [9.17, 15) is 19.2 Å². The van der Waals surface area contributed by atoms with Gasteiger partial charge in [-0.25, -0.2) is 19.2 Å². The lowest BCUT2D eigenvalue weighted by atomic mass is 9.97. The standard InChI is InChI=1S/C35H34O9/c1-22(2)32(36)41-18-17-40-31-16-13-28(25-11-14-29(15-12-25)44-34(38)24(5)6)21-30(31)26-7-9-27(10-8-26)35(39)43-20-19-42-33(37)23(3)4/h7-16,21H,1,3,5,17-20H2,2,4,6H3. The maximum absolute atomic E-state index is 12.5. The first kappa shape index (κ1) is 33.1. The Hall–Kier alpha value is -5.44. The molecule has 0 saturated heterocycles. The first-order valence-electron chi connectivity index (χ1n) is 13.6. The number of esters is 4. The molecule has 0 radical (unpaired) electrons. The molecular formula is C35H34O9. The molecule has 0 amide bonds.